The van der Waals surface area contributed by atoms with Crippen LogP contribution >= 0.6 is 0 Å². The molecule has 0 aliphatic heterocycles. The quantitative estimate of drug-likeness (QED) is 0.808. The van der Waals surface area contributed by atoms with E-state index in [0.717, 1.165) is 19.3 Å². The Morgan fingerprint density at radius 2 is 2.15 bits per heavy atom. The van der Waals surface area contributed by atoms with Gasteiger partial charge in [0.25, 0.3) is 0 Å². The number of nitrogens with one attached hydrogen (secondary N) is 1. The van der Waals surface area contributed by atoms with Crippen molar-refractivity contribution in [2.75, 3.05) is 5.32 Å². The van der Waals surface area contributed by atoms with Gasteiger partial charge in [0.15, 0.2) is 0 Å². The van der Waals surface area contributed by atoms with Gasteiger partial charge in [0, 0.05) is 5.69 Å². The number of hydrogen-bond acceptors (Lipinski definition) is 2. The van der Waals surface area contributed by atoms with E-state index in [4.69, 9.17) is 5.11 Å². The number of carboxylic acid groups (broad SMARTS) is 1. The molecular formula is C16H19NO3. The van der Waals surface area contributed by atoms with Crippen LogP contribution in [0.25, 0.3) is 0 Å². The second-order valence-corrected chi connectivity index (χ2v) is 5.42. The molecule has 4 nitrogen and oxygen atoms in total. The molecule has 4 heteroatoms. The van der Waals surface area contributed by atoms with E-state index in [1.165, 1.54) is 6.07 Å². The maximum absolute atomic E-state index is 12.4. The second kappa shape index (κ2) is 5.49. The van der Waals surface area contributed by atoms with Crippen LogP contribution in [0.4, 0.5) is 5.69 Å². The summed E-state index contributed by atoms with van der Waals surface area (Å²) in [6.07, 6.45) is 5.31. The fraction of sp³-hybridized carbons (Fsp3) is 0.375. The largest absolute Gasteiger partial charge is 0.478 e. The molecule has 1 amide bonds. The molecule has 0 atom stereocenters. The lowest BCUT2D eigenvalue weighted by atomic mass is 9.66. The Morgan fingerprint density at radius 1 is 1.45 bits per heavy atom. The van der Waals surface area contributed by atoms with Crippen LogP contribution in [-0.4, -0.2) is 17.0 Å². The van der Waals surface area contributed by atoms with E-state index < -0.39 is 5.97 Å². The lowest BCUT2D eigenvalue weighted by Crippen LogP contribution is -2.41. The van der Waals surface area contributed by atoms with Gasteiger partial charge < -0.3 is 10.4 Å². The third-order valence-corrected chi connectivity index (χ3v) is 4.04. The summed E-state index contributed by atoms with van der Waals surface area (Å²) in [6.45, 7) is 5.44. The minimum absolute atomic E-state index is 0.00567. The Morgan fingerprint density at radius 3 is 2.60 bits per heavy atom. The lowest BCUT2D eigenvalue weighted by molar-refractivity contribution is -0.130. The molecule has 2 rings (SSSR count). The summed E-state index contributed by atoms with van der Waals surface area (Å²) >= 11 is 0. The predicted molar refractivity (Wildman–Crippen MR) is 77.9 cm³/mol. The third kappa shape index (κ3) is 2.59. The van der Waals surface area contributed by atoms with Crippen molar-refractivity contribution in [1.29, 1.82) is 0 Å². The number of carboxylic acids is 1. The monoisotopic (exact) mass is 273 g/mol. The first-order chi connectivity index (χ1) is 9.48. The minimum atomic E-state index is -0.956. The molecule has 0 radical (unpaired) electrons. The summed E-state index contributed by atoms with van der Waals surface area (Å²) in [6, 6.07) is 4.85. The number of hydrogen-bond donors (Lipinski definition) is 2. The number of rotatable bonds is 5. The van der Waals surface area contributed by atoms with E-state index >= 15 is 0 Å². The number of amides is 1. The number of anilines is 1. The zero-order valence-electron chi connectivity index (χ0n) is 11.6. The highest BCUT2D eigenvalue weighted by Gasteiger charge is 2.42. The second-order valence-electron chi connectivity index (χ2n) is 5.42. The molecule has 0 unspecified atom stereocenters. The van der Waals surface area contributed by atoms with Gasteiger partial charge in [-0.1, -0.05) is 12.5 Å². The van der Waals surface area contributed by atoms with Crippen molar-refractivity contribution in [3.05, 3.63) is 42.0 Å². The third-order valence-electron chi connectivity index (χ3n) is 4.04. The average molecular weight is 273 g/mol. The van der Waals surface area contributed by atoms with Gasteiger partial charge >= 0.3 is 5.97 Å². The summed E-state index contributed by atoms with van der Waals surface area (Å²) < 4.78 is 0. The zero-order chi connectivity index (χ0) is 14.8. The number of allylic oxidation sites excluding steroid dienone is 1. The number of aryl methyl sites for hydroxylation is 1. The first-order valence-electron chi connectivity index (χ1n) is 6.75. The Kier molecular flexibility index (Phi) is 3.93. The fourth-order valence-corrected chi connectivity index (χ4v) is 2.65. The van der Waals surface area contributed by atoms with Crippen LogP contribution in [0.5, 0.6) is 0 Å². The molecule has 0 saturated heterocycles. The van der Waals surface area contributed by atoms with Crippen molar-refractivity contribution in [2.24, 2.45) is 5.41 Å². The maximum atomic E-state index is 12.4. The van der Waals surface area contributed by atoms with Gasteiger partial charge in [-0.3, -0.25) is 4.79 Å². The molecule has 106 valence electrons. The Balaban J connectivity index is 2.14. The highest BCUT2D eigenvalue weighted by atomic mass is 16.4. The van der Waals surface area contributed by atoms with Gasteiger partial charge in [0.05, 0.1) is 11.0 Å². The van der Waals surface area contributed by atoms with Gasteiger partial charge in [0.2, 0.25) is 5.91 Å². The van der Waals surface area contributed by atoms with E-state index in [1.807, 2.05) is 0 Å². The molecule has 1 aliphatic rings. The molecule has 20 heavy (non-hydrogen) atoms. The van der Waals surface area contributed by atoms with Crippen LogP contribution in [0.2, 0.25) is 0 Å². The summed E-state index contributed by atoms with van der Waals surface area (Å²) in [5.41, 5.74) is 1.23. The van der Waals surface area contributed by atoms with Crippen molar-refractivity contribution in [3.63, 3.8) is 0 Å². The summed E-state index contributed by atoms with van der Waals surface area (Å²) in [7, 11) is 0. The number of carbonyl (C=O) groups excluding carboxylic acids is 1. The van der Waals surface area contributed by atoms with Crippen LogP contribution in [0.3, 0.4) is 0 Å². The van der Waals surface area contributed by atoms with Gasteiger partial charge in [-0.15, -0.1) is 6.58 Å². The van der Waals surface area contributed by atoms with Crippen molar-refractivity contribution in [1.82, 2.24) is 0 Å². The molecule has 0 bridgehead atoms. The Hall–Kier alpha value is -2.10. The smallest absolute Gasteiger partial charge is 0.335 e. The van der Waals surface area contributed by atoms with Crippen molar-refractivity contribution in [3.8, 4) is 0 Å². The molecule has 1 aromatic rings. The van der Waals surface area contributed by atoms with Crippen LogP contribution in [0.1, 0.15) is 41.6 Å². The van der Waals surface area contributed by atoms with Crippen LogP contribution < -0.4 is 5.32 Å². The Bertz CT molecular complexity index is 559. The van der Waals surface area contributed by atoms with Crippen molar-refractivity contribution < 1.29 is 14.7 Å². The van der Waals surface area contributed by atoms with Crippen LogP contribution in [-0.2, 0) is 4.79 Å². The standard InChI is InChI=1S/C16H19NO3/c1-3-7-16(8-4-9-16)15(20)17-12-5-6-13(14(18)19)11(2)10-12/h3,5-6,10H,1,4,7-9H2,2H3,(H,17,20)(H,18,19). The highest BCUT2D eigenvalue weighted by Crippen LogP contribution is 2.45. The summed E-state index contributed by atoms with van der Waals surface area (Å²) in [5, 5.41) is 11.9. The minimum Gasteiger partial charge on any atom is -0.478 e. The van der Waals surface area contributed by atoms with Crippen molar-refractivity contribution in [2.45, 2.75) is 32.6 Å². The van der Waals surface area contributed by atoms with Crippen LogP contribution in [0, 0.1) is 12.3 Å². The molecule has 1 fully saturated rings. The molecular weight excluding hydrogens is 254 g/mol. The van der Waals surface area contributed by atoms with E-state index in [2.05, 4.69) is 11.9 Å². The van der Waals surface area contributed by atoms with Crippen molar-refractivity contribution >= 4 is 17.6 Å². The van der Waals surface area contributed by atoms with Gasteiger partial charge in [0.1, 0.15) is 0 Å². The molecule has 1 aliphatic carbocycles. The number of carbonyl (C=O) groups is 2. The van der Waals surface area contributed by atoms with Gasteiger partial charge in [-0.25, -0.2) is 4.79 Å². The highest BCUT2D eigenvalue weighted by molar-refractivity contribution is 5.97. The normalized spacial score (nSPS) is 16.1. The first kappa shape index (κ1) is 14.3. The predicted octanol–water partition coefficient (Wildman–Crippen LogP) is 3.38. The SMILES string of the molecule is C=CCC1(C(=O)Nc2ccc(C(=O)O)c(C)c2)CCC1. The lowest BCUT2D eigenvalue weighted by Gasteiger charge is -2.39. The molecule has 2 N–H and O–H groups in total. The average Bonchev–Trinajstić information content (AvgIpc) is 2.33. The van der Waals surface area contributed by atoms with E-state index in [-0.39, 0.29) is 16.9 Å². The maximum Gasteiger partial charge on any atom is 0.335 e. The zero-order valence-corrected chi connectivity index (χ0v) is 11.6. The van der Waals surface area contributed by atoms with Gasteiger partial charge in [-0.05, 0) is 49.9 Å². The summed E-state index contributed by atoms with van der Waals surface area (Å²) in [4.78, 5) is 23.3. The van der Waals surface area contributed by atoms with E-state index in [0.29, 0.717) is 17.7 Å². The van der Waals surface area contributed by atoms with Crippen LogP contribution in [0.15, 0.2) is 30.9 Å². The Labute approximate surface area is 118 Å². The number of aromatic carboxylic acids is 1. The molecule has 1 aromatic carbocycles. The fourth-order valence-electron chi connectivity index (χ4n) is 2.65. The molecule has 0 heterocycles. The van der Waals surface area contributed by atoms with Gasteiger partial charge in [-0.2, -0.15) is 0 Å². The molecule has 1 saturated carbocycles. The summed E-state index contributed by atoms with van der Waals surface area (Å²) in [5.74, 6) is -0.950. The number of benzene rings is 1. The first-order valence-corrected chi connectivity index (χ1v) is 6.75. The molecule has 0 aromatic heterocycles. The van der Waals surface area contributed by atoms with E-state index in [1.54, 1.807) is 25.1 Å². The van der Waals surface area contributed by atoms with E-state index in [9.17, 15) is 9.59 Å². The topological polar surface area (TPSA) is 66.4 Å². The molecule has 0 spiro atoms.